The standard InChI is InChI=1S/C15H19NO4/c1-10(2)9-20-15(19)16-13-7-11(3)6-12(8-13)4-5-14(17)18/h4-8,10H,9H2,1-3H3,(H,16,19)(H,17,18)/b5-4+. The van der Waals surface area contributed by atoms with E-state index in [9.17, 15) is 9.59 Å². The molecule has 0 radical (unpaired) electrons. The molecule has 0 saturated carbocycles. The van der Waals surface area contributed by atoms with Crippen LogP contribution in [0.4, 0.5) is 10.5 Å². The van der Waals surface area contributed by atoms with E-state index in [0.717, 1.165) is 11.6 Å². The number of carboxylic acid groups (broad SMARTS) is 1. The first-order chi connectivity index (χ1) is 9.36. The Morgan fingerprint density at radius 3 is 2.65 bits per heavy atom. The molecule has 0 fully saturated rings. The van der Waals surface area contributed by atoms with Gasteiger partial charge in [0, 0.05) is 11.8 Å². The molecule has 0 spiro atoms. The number of rotatable bonds is 5. The second-order valence-corrected chi connectivity index (χ2v) is 4.92. The van der Waals surface area contributed by atoms with Crippen molar-refractivity contribution in [2.45, 2.75) is 20.8 Å². The van der Waals surface area contributed by atoms with Gasteiger partial charge in [-0.15, -0.1) is 0 Å². The molecule has 0 unspecified atom stereocenters. The van der Waals surface area contributed by atoms with Crippen molar-refractivity contribution in [1.29, 1.82) is 0 Å². The first-order valence-corrected chi connectivity index (χ1v) is 6.33. The summed E-state index contributed by atoms with van der Waals surface area (Å²) in [5.41, 5.74) is 2.19. The topological polar surface area (TPSA) is 75.6 Å². The van der Waals surface area contributed by atoms with Crippen LogP contribution in [0, 0.1) is 12.8 Å². The highest BCUT2D eigenvalue weighted by Gasteiger charge is 2.05. The lowest BCUT2D eigenvalue weighted by Gasteiger charge is -2.10. The van der Waals surface area contributed by atoms with Gasteiger partial charge in [-0.2, -0.15) is 0 Å². The Morgan fingerprint density at radius 1 is 1.35 bits per heavy atom. The van der Waals surface area contributed by atoms with Crippen molar-refractivity contribution in [3.05, 3.63) is 35.4 Å². The van der Waals surface area contributed by atoms with Crippen LogP contribution >= 0.6 is 0 Å². The van der Waals surface area contributed by atoms with Crippen molar-refractivity contribution in [2.24, 2.45) is 5.92 Å². The quantitative estimate of drug-likeness (QED) is 0.810. The normalized spacial score (nSPS) is 10.8. The lowest BCUT2D eigenvalue weighted by Crippen LogP contribution is -2.16. The number of carbonyl (C=O) groups excluding carboxylic acids is 1. The number of ether oxygens (including phenoxy) is 1. The summed E-state index contributed by atoms with van der Waals surface area (Å²) >= 11 is 0. The highest BCUT2D eigenvalue weighted by atomic mass is 16.5. The maximum Gasteiger partial charge on any atom is 0.411 e. The van der Waals surface area contributed by atoms with E-state index in [-0.39, 0.29) is 5.92 Å². The van der Waals surface area contributed by atoms with E-state index in [2.05, 4.69) is 5.32 Å². The van der Waals surface area contributed by atoms with Crippen molar-refractivity contribution in [3.8, 4) is 0 Å². The Balaban J connectivity index is 2.75. The second kappa shape index (κ2) is 7.33. The van der Waals surface area contributed by atoms with Crippen LogP contribution in [0.5, 0.6) is 0 Å². The third-order valence-corrected chi connectivity index (χ3v) is 2.31. The van der Waals surface area contributed by atoms with E-state index in [4.69, 9.17) is 9.84 Å². The van der Waals surface area contributed by atoms with E-state index in [1.54, 1.807) is 12.1 Å². The first-order valence-electron chi connectivity index (χ1n) is 6.33. The maximum atomic E-state index is 11.6. The van der Waals surface area contributed by atoms with E-state index in [1.165, 1.54) is 6.08 Å². The van der Waals surface area contributed by atoms with Crippen LogP contribution in [0.1, 0.15) is 25.0 Å². The molecule has 0 atom stereocenters. The molecule has 1 aromatic rings. The van der Waals surface area contributed by atoms with Crippen molar-refractivity contribution in [3.63, 3.8) is 0 Å². The molecule has 0 aliphatic carbocycles. The summed E-state index contributed by atoms with van der Waals surface area (Å²) < 4.78 is 5.02. The molecule has 1 aromatic carbocycles. The van der Waals surface area contributed by atoms with Crippen LogP contribution in [0.2, 0.25) is 0 Å². The van der Waals surface area contributed by atoms with Crippen LogP contribution in [0.15, 0.2) is 24.3 Å². The largest absolute Gasteiger partial charge is 0.478 e. The van der Waals surface area contributed by atoms with Crippen molar-refractivity contribution >= 4 is 23.8 Å². The third-order valence-electron chi connectivity index (χ3n) is 2.31. The summed E-state index contributed by atoms with van der Waals surface area (Å²) in [7, 11) is 0. The lowest BCUT2D eigenvalue weighted by molar-refractivity contribution is -0.131. The van der Waals surface area contributed by atoms with Gasteiger partial charge in [-0.1, -0.05) is 19.9 Å². The molecule has 5 nitrogen and oxygen atoms in total. The molecular weight excluding hydrogens is 258 g/mol. The smallest absolute Gasteiger partial charge is 0.411 e. The molecule has 0 saturated heterocycles. The molecule has 5 heteroatoms. The third kappa shape index (κ3) is 6.04. The fraction of sp³-hybridized carbons (Fsp3) is 0.333. The number of amides is 1. The van der Waals surface area contributed by atoms with Gasteiger partial charge in [-0.05, 0) is 42.2 Å². The SMILES string of the molecule is Cc1cc(/C=C/C(=O)O)cc(NC(=O)OCC(C)C)c1. The maximum absolute atomic E-state index is 11.6. The molecule has 0 heterocycles. The van der Waals surface area contributed by atoms with Crippen LogP contribution in [0.25, 0.3) is 6.08 Å². The van der Waals surface area contributed by atoms with Crippen LogP contribution in [0.3, 0.4) is 0 Å². The van der Waals surface area contributed by atoms with Gasteiger partial charge in [-0.25, -0.2) is 9.59 Å². The zero-order valence-electron chi connectivity index (χ0n) is 11.8. The van der Waals surface area contributed by atoms with E-state index >= 15 is 0 Å². The van der Waals surface area contributed by atoms with Gasteiger partial charge in [0.15, 0.2) is 0 Å². The molecular formula is C15H19NO4. The molecule has 2 N–H and O–H groups in total. The van der Waals surface area contributed by atoms with Gasteiger partial charge < -0.3 is 9.84 Å². The van der Waals surface area contributed by atoms with Gasteiger partial charge in [0.2, 0.25) is 0 Å². The zero-order chi connectivity index (χ0) is 15.1. The van der Waals surface area contributed by atoms with Gasteiger partial charge in [0.05, 0.1) is 6.61 Å². The van der Waals surface area contributed by atoms with Crippen LogP contribution in [-0.2, 0) is 9.53 Å². The van der Waals surface area contributed by atoms with Crippen LogP contribution in [-0.4, -0.2) is 23.8 Å². The fourth-order valence-corrected chi connectivity index (χ4v) is 1.54. The summed E-state index contributed by atoms with van der Waals surface area (Å²) in [5.74, 6) is -0.746. The number of nitrogens with one attached hydrogen (secondary N) is 1. The van der Waals surface area contributed by atoms with Gasteiger partial charge >= 0.3 is 12.1 Å². The number of aliphatic carboxylic acids is 1. The van der Waals surface area contributed by atoms with Crippen molar-refractivity contribution in [1.82, 2.24) is 0 Å². The number of hydrogen-bond donors (Lipinski definition) is 2. The molecule has 0 aromatic heterocycles. The van der Waals surface area contributed by atoms with E-state index in [1.807, 2.05) is 26.8 Å². The molecule has 108 valence electrons. The number of hydrogen-bond acceptors (Lipinski definition) is 3. The average molecular weight is 277 g/mol. The number of aryl methyl sites for hydroxylation is 1. The zero-order valence-corrected chi connectivity index (χ0v) is 11.8. The minimum atomic E-state index is -1.02. The van der Waals surface area contributed by atoms with Crippen molar-refractivity contribution in [2.75, 3.05) is 11.9 Å². The molecule has 20 heavy (non-hydrogen) atoms. The first kappa shape index (κ1) is 15.8. The number of carboxylic acids is 1. The Hall–Kier alpha value is -2.30. The Labute approximate surface area is 118 Å². The summed E-state index contributed by atoms with van der Waals surface area (Å²) in [6, 6.07) is 5.29. The molecule has 0 aliphatic heterocycles. The summed E-state index contributed by atoms with van der Waals surface area (Å²) in [6.07, 6.45) is 2.01. The van der Waals surface area contributed by atoms with Gasteiger partial charge in [0.25, 0.3) is 0 Å². The summed E-state index contributed by atoms with van der Waals surface area (Å²) in [4.78, 5) is 22.1. The Bertz CT molecular complexity index is 521. The number of carbonyl (C=O) groups is 2. The molecule has 0 bridgehead atoms. The van der Waals surface area contributed by atoms with E-state index in [0.29, 0.717) is 17.9 Å². The Morgan fingerprint density at radius 2 is 2.05 bits per heavy atom. The second-order valence-electron chi connectivity index (χ2n) is 4.92. The summed E-state index contributed by atoms with van der Waals surface area (Å²) in [6.45, 7) is 6.12. The Kier molecular flexibility index (Phi) is 5.77. The number of anilines is 1. The highest BCUT2D eigenvalue weighted by molar-refractivity contribution is 5.87. The minimum Gasteiger partial charge on any atom is -0.478 e. The highest BCUT2D eigenvalue weighted by Crippen LogP contribution is 2.16. The predicted octanol–water partition coefficient (Wildman–Crippen LogP) is 3.30. The molecule has 0 aliphatic rings. The lowest BCUT2D eigenvalue weighted by atomic mass is 10.1. The minimum absolute atomic E-state index is 0.271. The fourth-order valence-electron chi connectivity index (χ4n) is 1.54. The molecule has 1 rings (SSSR count). The van der Waals surface area contributed by atoms with Gasteiger partial charge in [0.1, 0.15) is 0 Å². The number of benzene rings is 1. The van der Waals surface area contributed by atoms with Crippen LogP contribution < -0.4 is 5.32 Å². The molecule has 1 amide bonds. The summed E-state index contributed by atoms with van der Waals surface area (Å²) in [5, 5.41) is 11.2. The average Bonchev–Trinajstić information content (AvgIpc) is 2.33. The van der Waals surface area contributed by atoms with E-state index < -0.39 is 12.1 Å². The predicted molar refractivity (Wildman–Crippen MR) is 77.7 cm³/mol. The van der Waals surface area contributed by atoms with Crippen molar-refractivity contribution < 1.29 is 19.4 Å². The van der Waals surface area contributed by atoms with Gasteiger partial charge in [-0.3, -0.25) is 5.32 Å². The monoisotopic (exact) mass is 277 g/mol.